The van der Waals surface area contributed by atoms with Crippen LogP contribution in [0, 0.1) is 10.1 Å². The zero-order valence-electron chi connectivity index (χ0n) is 24.7. The summed E-state index contributed by atoms with van der Waals surface area (Å²) in [5.74, 6) is 1.80. The highest BCUT2D eigenvalue weighted by atomic mass is 16.6. The number of piperidine rings is 1. The normalized spacial score (nSPS) is 16.1. The summed E-state index contributed by atoms with van der Waals surface area (Å²) >= 11 is 0. The lowest BCUT2D eigenvalue weighted by Gasteiger charge is -2.37. The summed E-state index contributed by atoms with van der Waals surface area (Å²) in [4.78, 5) is 30.4. The van der Waals surface area contributed by atoms with Crippen LogP contribution in [0.15, 0.2) is 72.8 Å². The van der Waals surface area contributed by atoms with Crippen LogP contribution in [0.3, 0.4) is 0 Å². The topological polar surface area (TPSA) is 97.6 Å². The van der Waals surface area contributed by atoms with Gasteiger partial charge in [0.05, 0.1) is 11.5 Å². The summed E-state index contributed by atoms with van der Waals surface area (Å²) < 4.78 is 17.4. The van der Waals surface area contributed by atoms with Gasteiger partial charge in [0.25, 0.3) is 0 Å². The highest BCUT2D eigenvalue weighted by Gasteiger charge is 2.26. The molecule has 0 aromatic heterocycles. The van der Waals surface area contributed by atoms with E-state index in [2.05, 4.69) is 34.1 Å². The Morgan fingerprint density at radius 1 is 0.884 bits per heavy atom. The number of likely N-dealkylation sites (tertiary alicyclic amines) is 1. The largest absolute Gasteiger partial charge is 0.490 e. The molecule has 0 saturated carbocycles. The summed E-state index contributed by atoms with van der Waals surface area (Å²) in [7, 11) is 0. The molecule has 0 N–H and O–H groups in total. The number of nitrogens with zero attached hydrogens (tertiary/aromatic N) is 4. The zero-order chi connectivity index (χ0) is 30.0. The molecule has 228 valence electrons. The van der Waals surface area contributed by atoms with E-state index in [9.17, 15) is 14.9 Å². The quantitative estimate of drug-likeness (QED) is 0.212. The highest BCUT2D eigenvalue weighted by molar-refractivity contribution is 5.76. The van der Waals surface area contributed by atoms with Gasteiger partial charge in [0.1, 0.15) is 24.2 Å². The van der Waals surface area contributed by atoms with E-state index < -0.39 is 4.92 Å². The number of hydrogen-bond donors (Lipinski definition) is 0. The predicted octanol–water partition coefficient (Wildman–Crippen LogP) is 5.15. The molecule has 0 unspecified atom stereocenters. The zero-order valence-corrected chi connectivity index (χ0v) is 24.7. The number of piperazine rings is 1. The van der Waals surface area contributed by atoms with Gasteiger partial charge in [-0.1, -0.05) is 30.3 Å². The molecule has 3 aromatic rings. The minimum absolute atomic E-state index is 0.0439. The van der Waals surface area contributed by atoms with Crippen molar-refractivity contribution < 1.29 is 23.9 Å². The molecule has 0 atom stereocenters. The fourth-order valence-electron chi connectivity index (χ4n) is 5.54. The second-order valence-electron chi connectivity index (χ2n) is 10.9. The molecular weight excluding hydrogens is 548 g/mol. The number of benzene rings is 3. The molecule has 43 heavy (non-hydrogen) atoms. The van der Waals surface area contributed by atoms with Crippen molar-refractivity contribution in [2.24, 2.45) is 0 Å². The molecule has 0 aliphatic carbocycles. The van der Waals surface area contributed by atoms with Crippen LogP contribution in [0.2, 0.25) is 0 Å². The van der Waals surface area contributed by atoms with E-state index in [1.54, 1.807) is 19.1 Å². The Bertz CT molecular complexity index is 1340. The summed E-state index contributed by atoms with van der Waals surface area (Å²) in [5.41, 5.74) is 2.27. The number of carbonyl (C=O) groups is 1. The summed E-state index contributed by atoms with van der Waals surface area (Å²) in [5, 5.41) is 11.2. The minimum Gasteiger partial charge on any atom is -0.490 e. The maximum absolute atomic E-state index is 12.9. The number of nitro benzene ring substituents is 1. The number of amides is 1. The standard InChI is InChI=1S/C33H40N4O6/c1-2-41-32-24-30(12-13-31(32)37(39)40)43-29-14-18-36(19-15-29)33(38)16-17-34-20-22-35(23-21-34)27-8-10-28(11-9-27)42-25-26-6-4-3-5-7-26/h3-13,24,29H,2,14-23,25H2,1H3. The Morgan fingerprint density at radius 3 is 2.26 bits per heavy atom. The minimum atomic E-state index is -0.457. The number of nitro groups is 1. The van der Waals surface area contributed by atoms with Gasteiger partial charge < -0.3 is 24.0 Å². The van der Waals surface area contributed by atoms with Crippen LogP contribution < -0.4 is 19.1 Å². The van der Waals surface area contributed by atoms with Gasteiger partial charge in [0, 0.05) is 82.9 Å². The second kappa shape index (κ2) is 14.7. The number of rotatable bonds is 12. The van der Waals surface area contributed by atoms with Crippen molar-refractivity contribution in [1.82, 2.24) is 9.80 Å². The Kier molecular flexibility index (Phi) is 10.3. The molecule has 2 aliphatic heterocycles. The molecular formula is C33H40N4O6. The third-order valence-electron chi connectivity index (χ3n) is 7.99. The molecule has 3 aromatic carbocycles. The maximum Gasteiger partial charge on any atom is 0.311 e. The third-order valence-corrected chi connectivity index (χ3v) is 7.99. The van der Waals surface area contributed by atoms with Crippen LogP contribution in [0.25, 0.3) is 0 Å². The number of carbonyl (C=O) groups excluding carboxylic acids is 1. The van der Waals surface area contributed by atoms with E-state index in [0.717, 1.165) is 56.9 Å². The first kappa shape index (κ1) is 30.2. The van der Waals surface area contributed by atoms with Crippen molar-refractivity contribution in [3.8, 4) is 17.2 Å². The SMILES string of the molecule is CCOc1cc(OC2CCN(C(=O)CCN3CCN(c4ccc(OCc5ccccc5)cc4)CC3)CC2)ccc1[N+](=O)[O-]. The fourth-order valence-corrected chi connectivity index (χ4v) is 5.54. The lowest BCUT2D eigenvalue weighted by molar-refractivity contribution is -0.385. The van der Waals surface area contributed by atoms with Crippen molar-refractivity contribution in [2.45, 2.75) is 38.9 Å². The summed E-state index contributed by atoms with van der Waals surface area (Å²) in [6, 6.07) is 23.0. The third kappa shape index (κ3) is 8.38. The van der Waals surface area contributed by atoms with Gasteiger partial charge in [-0.15, -0.1) is 0 Å². The van der Waals surface area contributed by atoms with E-state index in [-0.39, 0.29) is 23.4 Å². The Labute approximate surface area is 252 Å². The molecule has 2 heterocycles. The smallest absolute Gasteiger partial charge is 0.311 e. The number of anilines is 1. The van der Waals surface area contributed by atoms with Gasteiger partial charge in [-0.2, -0.15) is 0 Å². The first-order valence-corrected chi connectivity index (χ1v) is 15.1. The van der Waals surface area contributed by atoms with E-state index in [1.165, 1.54) is 11.8 Å². The molecule has 10 heteroatoms. The van der Waals surface area contributed by atoms with Crippen molar-refractivity contribution >= 4 is 17.3 Å². The van der Waals surface area contributed by atoms with Crippen molar-refractivity contribution in [1.29, 1.82) is 0 Å². The van der Waals surface area contributed by atoms with E-state index >= 15 is 0 Å². The average molecular weight is 589 g/mol. The lowest BCUT2D eigenvalue weighted by Crippen LogP contribution is -2.48. The van der Waals surface area contributed by atoms with Gasteiger partial charge in [-0.25, -0.2) is 0 Å². The molecule has 2 saturated heterocycles. The van der Waals surface area contributed by atoms with E-state index in [0.29, 0.717) is 38.5 Å². The summed E-state index contributed by atoms with van der Waals surface area (Å²) in [6.07, 6.45) is 1.92. The van der Waals surface area contributed by atoms with Crippen molar-refractivity contribution in [2.75, 3.05) is 57.3 Å². The maximum atomic E-state index is 12.9. The number of hydrogen-bond acceptors (Lipinski definition) is 8. The van der Waals surface area contributed by atoms with Crippen LogP contribution in [0.5, 0.6) is 17.2 Å². The van der Waals surface area contributed by atoms with Crippen LogP contribution in [-0.4, -0.2) is 79.2 Å². The first-order chi connectivity index (χ1) is 21.0. The molecule has 1 amide bonds. The van der Waals surface area contributed by atoms with E-state index in [4.69, 9.17) is 14.2 Å². The molecule has 0 bridgehead atoms. The van der Waals surface area contributed by atoms with Gasteiger partial charge in [-0.3, -0.25) is 19.8 Å². The van der Waals surface area contributed by atoms with Crippen LogP contribution >= 0.6 is 0 Å². The highest BCUT2D eigenvalue weighted by Crippen LogP contribution is 2.32. The van der Waals surface area contributed by atoms with Crippen LogP contribution in [0.1, 0.15) is 31.7 Å². The van der Waals surface area contributed by atoms with Gasteiger partial charge in [0.15, 0.2) is 0 Å². The Balaban J connectivity index is 0.997. The molecule has 10 nitrogen and oxygen atoms in total. The molecule has 0 radical (unpaired) electrons. The van der Waals surface area contributed by atoms with Gasteiger partial charge >= 0.3 is 5.69 Å². The fraction of sp³-hybridized carbons (Fsp3) is 0.424. The lowest BCUT2D eigenvalue weighted by atomic mass is 10.1. The Morgan fingerprint density at radius 2 is 1.58 bits per heavy atom. The second-order valence-corrected chi connectivity index (χ2v) is 10.9. The molecule has 2 aliphatic rings. The monoisotopic (exact) mass is 588 g/mol. The predicted molar refractivity (Wildman–Crippen MR) is 165 cm³/mol. The average Bonchev–Trinajstić information content (AvgIpc) is 3.04. The van der Waals surface area contributed by atoms with Crippen molar-refractivity contribution in [3.05, 3.63) is 88.5 Å². The first-order valence-electron chi connectivity index (χ1n) is 15.1. The van der Waals surface area contributed by atoms with Gasteiger partial charge in [0.2, 0.25) is 11.7 Å². The molecule has 5 rings (SSSR count). The Hall–Kier alpha value is -4.31. The van der Waals surface area contributed by atoms with Crippen LogP contribution in [0.4, 0.5) is 11.4 Å². The van der Waals surface area contributed by atoms with Gasteiger partial charge in [-0.05, 0) is 42.8 Å². The molecule has 2 fully saturated rings. The van der Waals surface area contributed by atoms with Crippen LogP contribution in [-0.2, 0) is 11.4 Å². The number of ether oxygens (including phenoxy) is 3. The molecule has 0 spiro atoms. The van der Waals surface area contributed by atoms with Crippen molar-refractivity contribution in [3.63, 3.8) is 0 Å². The summed E-state index contributed by atoms with van der Waals surface area (Å²) in [6.45, 7) is 8.43. The van der Waals surface area contributed by atoms with E-state index in [1.807, 2.05) is 35.2 Å².